The Morgan fingerprint density at radius 1 is 1.11 bits per heavy atom. The summed E-state index contributed by atoms with van der Waals surface area (Å²) in [7, 11) is 0. The van der Waals surface area contributed by atoms with Gasteiger partial charge in [-0.15, -0.1) is 0 Å². The molecule has 4 rings (SSSR count). The summed E-state index contributed by atoms with van der Waals surface area (Å²) in [5, 5.41) is 15.0. The summed E-state index contributed by atoms with van der Waals surface area (Å²) < 4.78 is 11.9. The maximum Gasteiger partial charge on any atom is 0.245 e. The Kier molecular flexibility index (Phi) is 9.08. The summed E-state index contributed by atoms with van der Waals surface area (Å²) in [5.74, 6) is -1.18. The zero-order valence-corrected chi connectivity index (χ0v) is 22.0. The van der Waals surface area contributed by atoms with Crippen LogP contribution in [0.4, 0.5) is 5.69 Å². The van der Waals surface area contributed by atoms with Crippen LogP contribution in [0, 0.1) is 11.8 Å². The predicted octanol–water partition coefficient (Wildman–Crippen LogP) is 2.87. The van der Waals surface area contributed by atoms with Gasteiger partial charge in [0.1, 0.15) is 17.4 Å². The minimum absolute atomic E-state index is 0.149. The highest BCUT2D eigenvalue weighted by atomic mass is 16.5. The van der Waals surface area contributed by atoms with Crippen molar-refractivity contribution in [2.24, 2.45) is 11.8 Å². The van der Waals surface area contributed by atoms with Crippen LogP contribution in [-0.4, -0.2) is 71.8 Å². The first-order valence-corrected chi connectivity index (χ1v) is 13.9. The molecular formula is C28H41N3O6. The average molecular weight is 516 g/mol. The van der Waals surface area contributed by atoms with Crippen molar-refractivity contribution in [2.45, 2.75) is 83.0 Å². The number of fused-ring (bicyclic) bond motifs is 1. The van der Waals surface area contributed by atoms with Gasteiger partial charge in [0.25, 0.3) is 0 Å². The van der Waals surface area contributed by atoms with Gasteiger partial charge in [-0.2, -0.15) is 0 Å². The third-order valence-corrected chi connectivity index (χ3v) is 7.92. The van der Waals surface area contributed by atoms with E-state index in [-0.39, 0.29) is 30.4 Å². The van der Waals surface area contributed by atoms with Crippen molar-refractivity contribution >= 4 is 23.4 Å². The van der Waals surface area contributed by atoms with E-state index in [1.165, 1.54) is 0 Å². The first-order chi connectivity index (χ1) is 18.0. The lowest BCUT2D eigenvalue weighted by Crippen LogP contribution is -2.55. The van der Waals surface area contributed by atoms with Gasteiger partial charge >= 0.3 is 0 Å². The van der Waals surface area contributed by atoms with Gasteiger partial charge < -0.3 is 30.1 Å². The summed E-state index contributed by atoms with van der Waals surface area (Å²) in [6.07, 6.45) is 5.86. The van der Waals surface area contributed by atoms with Crippen LogP contribution in [0.25, 0.3) is 0 Å². The molecule has 3 saturated heterocycles. The van der Waals surface area contributed by atoms with Crippen molar-refractivity contribution < 1.29 is 29.0 Å². The number of anilines is 1. The Balaban J connectivity index is 1.53. The van der Waals surface area contributed by atoms with Crippen LogP contribution in [0.1, 0.15) is 65.2 Å². The van der Waals surface area contributed by atoms with Crippen LogP contribution in [0.3, 0.4) is 0 Å². The number of aliphatic hydroxyl groups excluding tert-OH is 1. The molecule has 2 bridgehead atoms. The van der Waals surface area contributed by atoms with Crippen molar-refractivity contribution in [3.8, 4) is 5.75 Å². The highest BCUT2D eigenvalue weighted by Crippen LogP contribution is 2.58. The fourth-order valence-electron chi connectivity index (χ4n) is 6.25. The standard InChI is InChI=1S/C28H41N3O6/c1-3-5-16-29-26(34)24-28-15-14-21(37-28)22(23(28)27(35)31(24)17-8-6-7-9-18-32)25(33)30-19-10-12-20(13-11-19)36-4-2/h10-13,21-24,32H,3-9,14-18H2,1-2H3,(H,29,34)(H,30,33)/t21-,22+,23+,24?,28?/m1/s1. The fourth-order valence-corrected chi connectivity index (χ4v) is 6.25. The van der Waals surface area contributed by atoms with Gasteiger partial charge in [0.05, 0.1) is 24.5 Å². The van der Waals surface area contributed by atoms with Crippen LogP contribution in [0.5, 0.6) is 5.75 Å². The van der Waals surface area contributed by atoms with Gasteiger partial charge in [-0.1, -0.05) is 26.2 Å². The number of unbranched alkanes of at least 4 members (excludes halogenated alkanes) is 4. The number of benzene rings is 1. The smallest absolute Gasteiger partial charge is 0.245 e. The van der Waals surface area contributed by atoms with Crippen molar-refractivity contribution in [1.29, 1.82) is 0 Å². The monoisotopic (exact) mass is 515 g/mol. The third kappa shape index (κ3) is 5.48. The van der Waals surface area contributed by atoms with E-state index in [4.69, 9.17) is 14.6 Å². The molecule has 204 valence electrons. The van der Waals surface area contributed by atoms with Gasteiger partial charge in [0.15, 0.2) is 0 Å². The topological polar surface area (TPSA) is 117 Å². The van der Waals surface area contributed by atoms with E-state index in [1.54, 1.807) is 29.2 Å². The second-order valence-electron chi connectivity index (χ2n) is 10.3. The maximum absolute atomic E-state index is 13.8. The molecule has 9 heteroatoms. The summed E-state index contributed by atoms with van der Waals surface area (Å²) >= 11 is 0. The number of amides is 3. The van der Waals surface area contributed by atoms with E-state index in [9.17, 15) is 14.4 Å². The number of nitrogens with one attached hydrogen (secondary N) is 2. The molecule has 9 nitrogen and oxygen atoms in total. The van der Waals surface area contributed by atoms with Crippen LogP contribution < -0.4 is 15.4 Å². The van der Waals surface area contributed by atoms with Gasteiger partial charge in [-0.25, -0.2) is 0 Å². The summed E-state index contributed by atoms with van der Waals surface area (Å²) in [6, 6.07) is 6.44. The minimum atomic E-state index is -0.968. The lowest BCUT2D eigenvalue weighted by Gasteiger charge is -2.33. The minimum Gasteiger partial charge on any atom is -0.494 e. The highest BCUT2D eigenvalue weighted by molar-refractivity contribution is 6.02. The van der Waals surface area contributed by atoms with Gasteiger partial charge in [-0.3, -0.25) is 14.4 Å². The van der Waals surface area contributed by atoms with E-state index in [0.29, 0.717) is 38.2 Å². The van der Waals surface area contributed by atoms with E-state index in [0.717, 1.165) is 44.3 Å². The molecular weight excluding hydrogens is 474 g/mol. The molecule has 0 aliphatic carbocycles. The number of aliphatic hydroxyl groups is 1. The maximum atomic E-state index is 13.8. The number of hydrogen-bond donors (Lipinski definition) is 3. The van der Waals surface area contributed by atoms with Crippen molar-refractivity contribution in [3.05, 3.63) is 24.3 Å². The molecule has 1 aromatic rings. The van der Waals surface area contributed by atoms with Gasteiger partial charge in [0, 0.05) is 25.4 Å². The van der Waals surface area contributed by atoms with E-state index >= 15 is 0 Å². The van der Waals surface area contributed by atoms with Crippen molar-refractivity contribution in [3.63, 3.8) is 0 Å². The molecule has 0 radical (unpaired) electrons. The molecule has 2 unspecified atom stereocenters. The van der Waals surface area contributed by atoms with Crippen molar-refractivity contribution in [1.82, 2.24) is 10.2 Å². The number of carbonyl (C=O) groups is 3. The average Bonchev–Trinajstić information content (AvgIpc) is 3.53. The molecule has 1 spiro atoms. The molecule has 0 saturated carbocycles. The van der Waals surface area contributed by atoms with Crippen LogP contribution in [0.15, 0.2) is 24.3 Å². The van der Waals surface area contributed by atoms with Gasteiger partial charge in [0.2, 0.25) is 17.7 Å². The summed E-state index contributed by atoms with van der Waals surface area (Å²) in [6.45, 7) is 5.68. The Hall–Kier alpha value is -2.65. The molecule has 3 fully saturated rings. The molecule has 3 N–H and O–H groups in total. The molecule has 5 atom stereocenters. The van der Waals surface area contributed by atoms with E-state index in [2.05, 4.69) is 17.6 Å². The number of carbonyl (C=O) groups excluding carboxylic acids is 3. The Morgan fingerprint density at radius 2 is 1.86 bits per heavy atom. The second kappa shape index (κ2) is 12.3. The highest BCUT2D eigenvalue weighted by Gasteiger charge is 2.74. The first-order valence-electron chi connectivity index (χ1n) is 13.9. The third-order valence-electron chi connectivity index (χ3n) is 7.92. The fraction of sp³-hybridized carbons (Fsp3) is 0.679. The predicted molar refractivity (Wildman–Crippen MR) is 139 cm³/mol. The molecule has 3 amide bonds. The van der Waals surface area contributed by atoms with Crippen LogP contribution in [-0.2, 0) is 19.1 Å². The van der Waals surface area contributed by atoms with E-state index < -0.39 is 23.5 Å². The number of likely N-dealkylation sites (tertiary alicyclic amines) is 1. The number of ether oxygens (including phenoxy) is 2. The molecule has 3 heterocycles. The van der Waals surface area contributed by atoms with Gasteiger partial charge in [-0.05, 0) is 63.3 Å². The quantitative estimate of drug-likeness (QED) is 0.328. The zero-order chi connectivity index (χ0) is 26.4. The molecule has 1 aromatic carbocycles. The first kappa shape index (κ1) is 27.4. The SMILES string of the molecule is CCCCNC(=O)C1N(CCCCCCO)C(=O)[C@@H]2[C@@H](C(=O)Nc3ccc(OCC)cc3)[C@H]3CCC12O3. The van der Waals surface area contributed by atoms with E-state index in [1.807, 2.05) is 6.92 Å². The lowest BCUT2D eigenvalue weighted by molar-refractivity contribution is -0.141. The van der Waals surface area contributed by atoms with Crippen molar-refractivity contribution in [2.75, 3.05) is 31.6 Å². The number of nitrogens with zero attached hydrogens (tertiary/aromatic N) is 1. The molecule has 3 aliphatic rings. The largest absolute Gasteiger partial charge is 0.494 e. The number of rotatable bonds is 14. The van der Waals surface area contributed by atoms with Crippen LogP contribution in [0.2, 0.25) is 0 Å². The van der Waals surface area contributed by atoms with Crippen LogP contribution >= 0.6 is 0 Å². The Bertz CT molecular complexity index is 954. The number of hydrogen-bond acceptors (Lipinski definition) is 6. The molecule has 37 heavy (non-hydrogen) atoms. The molecule has 3 aliphatic heterocycles. The molecule has 0 aromatic heterocycles. The second-order valence-corrected chi connectivity index (χ2v) is 10.3. The lowest BCUT2D eigenvalue weighted by atomic mass is 9.70. The Morgan fingerprint density at radius 3 is 2.57 bits per heavy atom. The Labute approximate surface area is 219 Å². The normalized spacial score (nSPS) is 27.9. The zero-order valence-electron chi connectivity index (χ0n) is 22.0. The summed E-state index contributed by atoms with van der Waals surface area (Å²) in [4.78, 5) is 42.5. The summed E-state index contributed by atoms with van der Waals surface area (Å²) in [5.41, 5.74) is -0.338.